The summed E-state index contributed by atoms with van der Waals surface area (Å²) in [6, 6.07) is 6.29. The number of hydrogen-bond donors (Lipinski definition) is 0. The molecule has 0 N–H and O–H groups in total. The number of nitrogens with zero attached hydrogens (tertiary/aromatic N) is 6. The number of carbonyl (C=O) groups excluding carboxylic acids is 1. The molecule has 2 aromatic heterocycles. The van der Waals surface area contributed by atoms with Crippen molar-refractivity contribution in [2.45, 2.75) is 33.0 Å². The maximum Gasteiger partial charge on any atom is 0.346 e. The summed E-state index contributed by atoms with van der Waals surface area (Å²) in [5, 5.41) is 7.93. The Balaban J connectivity index is 1.57. The van der Waals surface area contributed by atoms with Crippen LogP contribution in [0.2, 0.25) is 0 Å². The second-order valence-electron chi connectivity index (χ2n) is 6.19. The van der Waals surface area contributed by atoms with E-state index in [9.17, 15) is 14.0 Å². The van der Waals surface area contributed by atoms with Crippen molar-refractivity contribution in [2.75, 3.05) is 6.54 Å². The molecule has 1 aliphatic rings. The predicted octanol–water partition coefficient (Wildman–Crippen LogP) is 0.834. The second kappa shape index (κ2) is 6.78. The largest absolute Gasteiger partial charge is 0.346 e. The fourth-order valence-electron chi connectivity index (χ4n) is 2.98. The highest BCUT2D eigenvalue weighted by molar-refractivity contribution is 5.91. The van der Waals surface area contributed by atoms with Gasteiger partial charge in [-0.15, -0.1) is 5.10 Å². The molecular formula is C17H17FN6O3. The first-order valence-corrected chi connectivity index (χ1v) is 8.58. The zero-order valence-corrected chi connectivity index (χ0v) is 14.6. The lowest BCUT2D eigenvalue weighted by Gasteiger charge is -2.26. The number of rotatable bonds is 5. The minimum absolute atomic E-state index is 0.0168. The quantitative estimate of drug-likeness (QED) is 0.658. The molecule has 1 amide bonds. The Morgan fingerprint density at radius 2 is 2.00 bits per heavy atom. The Morgan fingerprint density at radius 3 is 2.74 bits per heavy atom. The van der Waals surface area contributed by atoms with Crippen molar-refractivity contribution in [3.05, 3.63) is 63.7 Å². The standard InChI is InChI=1S/C17H17FN6O3/c1-2-14-19-13(21-27-14)10-24-17(26)23-8-7-22(16(25)15(23)20-24)9-11-5-3-4-6-12(11)18/h3-6H,2,7-10H2,1H3. The third-order valence-corrected chi connectivity index (χ3v) is 4.42. The summed E-state index contributed by atoms with van der Waals surface area (Å²) in [4.78, 5) is 30.9. The van der Waals surface area contributed by atoms with Gasteiger partial charge in [-0.05, 0) is 6.07 Å². The fraction of sp³-hybridized carbons (Fsp3) is 0.353. The van der Waals surface area contributed by atoms with Crippen molar-refractivity contribution < 1.29 is 13.7 Å². The van der Waals surface area contributed by atoms with E-state index in [0.29, 0.717) is 36.8 Å². The van der Waals surface area contributed by atoms with Gasteiger partial charge in [0.15, 0.2) is 5.82 Å². The van der Waals surface area contributed by atoms with E-state index in [4.69, 9.17) is 4.52 Å². The molecule has 0 unspecified atom stereocenters. The van der Waals surface area contributed by atoms with Crippen LogP contribution in [0.15, 0.2) is 33.6 Å². The summed E-state index contributed by atoms with van der Waals surface area (Å²) in [6.07, 6.45) is 0.588. The molecule has 10 heteroatoms. The molecule has 27 heavy (non-hydrogen) atoms. The lowest BCUT2D eigenvalue weighted by molar-refractivity contribution is 0.0679. The van der Waals surface area contributed by atoms with Crippen LogP contribution >= 0.6 is 0 Å². The summed E-state index contributed by atoms with van der Waals surface area (Å²) < 4.78 is 21.4. The number of aryl methyl sites for hydroxylation is 1. The molecule has 0 atom stereocenters. The van der Waals surface area contributed by atoms with Gasteiger partial charge < -0.3 is 9.42 Å². The van der Waals surface area contributed by atoms with Crippen molar-refractivity contribution in [3.63, 3.8) is 0 Å². The topological polar surface area (TPSA) is 99.1 Å². The normalized spacial score (nSPS) is 13.9. The highest BCUT2D eigenvalue weighted by Crippen LogP contribution is 2.15. The lowest BCUT2D eigenvalue weighted by Crippen LogP contribution is -2.42. The van der Waals surface area contributed by atoms with Gasteiger partial charge in [-0.2, -0.15) is 4.98 Å². The number of halogens is 1. The predicted molar refractivity (Wildman–Crippen MR) is 90.4 cm³/mol. The molecular weight excluding hydrogens is 355 g/mol. The van der Waals surface area contributed by atoms with Gasteiger partial charge in [0.05, 0.1) is 0 Å². The van der Waals surface area contributed by atoms with E-state index in [1.54, 1.807) is 18.2 Å². The number of carbonyl (C=O) groups is 1. The second-order valence-corrected chi connectivity index (χ2v) is 6.19. The summed E-state index contributed by atoms with van der Waals surface area (Å²) in [7, 11) is 0. The maximum atomic E-state index is 13.9. The first kappa shape index (κ1) is 17.1. The molecule has 0 spiro atoms. The monoisotopic (exact) mass is 372 g/mol. The van der Waals surface area contributed by atoms with Gasteiger partial charge in [-0.1, -0.05) is 30.3 Å². The van der Waals surface area contributed by atoms with Crippen molar-refractivity contribution in [2.24, 2.45) is 0 Å². The number of fused-ring (bicyclic) bond motifs is 1. The van der Waals surface area contributed by atoms with Crippen molar-refractivity contribution in [1.29, 1.82) is 0 Å². The van der Waals surface area contributed by atoms with Crippen LogP contribution in [0.3, 0.4) is 0 Å². The van der Waals surface area contributed by atoms with E-state index >= 15 is 0 Å². The summed E-state index contributed by atoms with van der Waals surface area (Å²) >= 11 is 0. The Labute approximate surface area is 153 Å². The molecule has 0 aliphatic carbocycles. The zero-order valence-electron chi connectivity index (χ0n) is 14.6. The number of hydrogen-bond acceptors (Lipinski definition) is 6. The Kier molecular flexibility index (Phi) is 4.30. The van der Waals surface area contributed by atoms with Crippen LogP contribution in [-0.4, -0.2) is 41.8 Å². The van der Waals surface area contributed by atoms with E-state index in [2.05, 4.69) is 15.2 Å². The van der Waals surface area contributed by atoms with E-state index in [0.717, 1.165) is 4.68 Å². The maximum absolute atomic E-state index is 13.9. The molecule has 140 valence electrons. The molecule has 0 saturated heterocycles. The highest BCUT2D eigenvalue weighted by Gasteiger charge is 2.30. The average molecular weight is 372 g/mol. The molecule has 1 aromatic carbocycles. The highest BCUT2D eigenvalue weighted by atomic mass is 19.1. The number of amides is 1. The van der Waals surface area contributed by atoms with Crippen LogP contribution in [0.4, 0.5) is 4.39 Å². The van der Waals surface area contributed by atoms with Gasteiger partial charge in [0.1, 0.15) is 12.4 Å². The van der Waals surface area contributed by atoms with Gasteiger partial charge in [-0.3, -0.25) is 9.36 Å². The van der Waals surface area contributed by atoms with Crippen LogP contribution in [0, 0.1) is 5.82 Å². The summed E-state index contributed by atoms with van der Waals surface area (Å²) in [5.41, 5.74) is 0.00621. The van der Waals surface area contributed by atoms with E-state index in [-0.39, 0.29) is 24.7 Å². The Hall–Kier alpha value is -3.30. The Bertz CT molecular complexity index is 1050. The molecule has 4 rings (SSSR count). The number of benzene rings is 1. The van der Waals surface area contributed by atoms with Crippen LogP contribution in [0.5, 0.6) is 0 Å². The van der Waals surface area contributed by atoms with Crippen LogP contribution in [0.25, 0.3) is 0 Å². The molecule has 3 heterocycles. The first-order valence-electron chi connectivity index (χ1n) is 8.58. The minimum Gasteiger partial charge on any atom is -0.339 e. The molecule has 0 radical (unpaired) electrons. The van der Waals surface area contributed by atoms with Gasteiger partial charge in [0.2, 0.25) is 11.7 Å². The van der Waals surface area contributed by atoms with Gasteiger partial charge in [0.25, 0.3) is 5.91 Å². The van der Waals surface area contributed by atoms with E-state index < -0.39 is 11.6 Å². The van der Waals surface area contributed by atoms with E-state index in [1.165, 1.54) is 15.5 Å². The molecule has 0 saturated carbocycles. The molecule has 0 fully saturated rings. The SMILES string of the molecule is CCc1nc(Cn2nc3n(c2=O)CCN(Cc2ccccc2F)C3=O)no1. The lowest BCUT2D eigenvalue weighted by atomic mass is 10.2. The Morgan fingerprint density at radius 1 is 1.19 bits per heavy atom. The third kappa shape index (κ3) is 3.14. The van der Waals surface area contributed by atoms with Gasteiger partial charge in [-0.25, -0.2) is 13.9 Å². The van der Waals surface area contributed by atoms with Gasteiger partial charge in [0, 0.05) is 31.6 Å². The van der Waals surface area contributed by atoms with Crippen LogP contribution in [0.1, 0.15) is 34.8 Å². The first-order chi connectivity index (χ1) is 13.1. The molecule has 3 aromatic rings. The molecule has 0 bridgehead atoms. The van der Waals surface area contributed by atoms with Crippen LogP contribution < -0.4 is 5.69 Å². The summed E-state index contributed by atoms with van der Waals surface area (Å²) in [6.45, 7) is 2.61. The van der Waals surface area contributed by atoms with E-state index in [1.807, 2.05) is 6.92 Å². The molecule has 1 aliphatic heterocycles. The molecule has 9 nitrogen and oxygen atoms in total. The summed E-state index contributed by atoms with van der Waals surface area (Å²) in [5.74, 6) is 0.0290. The van der Waals surface area contributed by atoms with Crippen molar-refractivity contribution in [3.8, 4) is 0 Å². The number of aromatic nitrogens is 5. The third-order valence-electron chi connectivity index (χ3n) is 4.42. The fourth-order valence-corrected chi connectivity index (χ4v) is 2.98. The minimum atomic E-state index is -0.414. The van der Waals surface area contributed by atoms with Gasteiger partial charge >= 0.3 is 5.69 Å². The van der Waals surface area contributed by atoms with Crippen molar-refractivity contribution in [1.82, 2.24) is 29.4 Å². The van der Waals surface area contributed by atoms with Crippen LogP contribution in [-0.2, 0) is 26.1 Å². The zero-order chi connectivity index (χ0) is 19.0. The smallest absolute Gasteiger partial charge is 0.339 e. The van der Waals surface area contributed by atoms with Crippen molar-refractivity contribution >= 4 is 5.91 Å². The average Bonchev–Trinajstić information content (AvgIpc) is 3.25.